The summed E-state index contributed by atoms with van der Waals surface area (Å²) in [4.78, 5) is 22.6. The highest BCUT2D eigenvalue weighted by molar-refractivity contribution is 9.10. The number of hydrogen-bond donors (Lipinski definition) is 2. The normalized spacial score (nSPS) is 11.8. The van der Waals surface area contributed by atoms with Crippen molar-refractivity contribution in [3.8, 4) is 0 Å². The summed E-state index contributed by atoms with van der Waals surface area (Å²) in [6.07, 6.45) is 0. The summed E-state index contributed by atoms with van der Waals surface area (Å²) < 4.78 is 0.852. The minimum absolute atomic E-state index is 0.532. The van der Waals surface area contributed by atoms with E-state index in [-0.39, 0.29) is 0 Å². The van der Waals surface area contributed by atoms with Crippen LogP contribution < -0.4 is 10.6 Å². The number of rotatable bonds is 2. The van der Waals surface area contributed by atoms with Gasteiger partial charge in [-0.05, 0) is 37.6 Å². The van der Waals surface area contributed by atoms with Crippen molar-refractivity contribution < 1.29 is 9.59 Å². The summed E-state index contributed by atoms with van der Waals surface area (Å²) in [5.41, 5.74) is 1.59. The smallest absolute Gasteiger partial charge is 0.308 e. The highest BCUT2D eigenvalue weighted by atomic mass is 79.9. The maximum Gasteiger partial charge on any atom is 0.325 e. The van der Waals surface area contributed by atoms with E-state index in [4.69, 9.17) is 11.6 Å². The van der Waals surface area contributed by atoms with Gasteiger partial charge < -0.3 is 5.32 Å². The Bertz CT molecular complexity index is 429. The first-order valence-electron chi connectivity index (χ1n) is 4.91. The maximum atomic E-state index is 11.4. The third kappa shape index (κ3) is 4.75. The van der Waals surface area contributed by atoms with Crippen LogP contribution >= 0.6 is 27.5 Å². The quantitative estimate of drug-likeness (QED) is 0.823. The van der Waals surface area contributed by atoms with Crippen molar-refractivity contribution >= 4 is 45.2 Å². The molecule has 0 saturated carbocycles. The SMILES string of the molecule is Cc1cc(Br)cc(NC(=O)NC(=O)C(C)Cl)c1. The molecule has 1 unspecified atom stereocenters. The van der Waals surface area contributed by atoms with Crippen LogP contribution in [-0.4, -0.2) is 17.3 Å². The predicted octanol–water partition coefficient (Wildman–Crippen LogP) is 3.03. The molecule has 1 atom stereocenters. The Kier molecular flexibility index (Phi) is 4.96. The van der Waals surface area contributed by atoms with Crippen LogP contribution in [0, 0.1) is 6.92 Å². The van der Waals surface area contributed by atoms with Crippen LogP contribution in [0.5, 0.6) is 0 Å². The van der Waals surface area contributed by atoms with Gasteiger partial charge in [-0.2, -0.15) is 0 Å². The second kappa shape index (κ2) is 6.02. The van der Waals surface area contributed by atoms with Crippen LogP contribution in [0.15, 0.2) is 22.7 Å². The number of nitrogens with one attached hydrogen (secondary N) is 2. The largest absolute Gasteiger partial charge is 0.325 e. The fraction of sp³-hybridized carbons (Fsp3) is 0.273. The average Bonchev–Trinajstić information content (AvgIpc) is 2.14. The number of hydrogen-bond acceptors (Lipinski definition) is 2. The van der Waals surface area contributed by atoms with Crippen LogP contribution in [0.1, 0.15) is 12.5 Å². The van der Waals surface area contributed by atoms with Crippen molar-refractivity contribution in [1.29, 1.82) is 0 Å². The number of alkyl halides is 1. The van der Waals surface area contributed by atoms with Gasteiger partial charge in [0.2, 0.25) is 5.91 Å². The molecule has 0 aliphatic heterocycles. The van der Waals surface area contributed by atoms with Crippen LogP contribution in [0.25, 0.3) is 0 Å². The topological polar surface area (TPSA) is 58.2 Å². The predicted molar refractivity (Wildman–Crippen MR) is 71.4 cm³/mol. The van der Waals surface area contributed by atoms with E-state index in [0.29, 0.717) is 5.69 Å². The van der Waals surface area contributed by atoms with Crippen LogP contribution in [0.3, 0.4) is 0 Å². The number of carbonyl (C=O) groups is 2. The van der Waals surface area contributed by atoms with Gasteiger partial charge in [-0.1, -0.05) is 15.9 Å². The molecule has 0 heterocycles. The monoisotopic (exact) mass is 318 g/mol. The first kappa shape index (κ1) is 14.0. The van der Waals surface area contributed by atoms with Crippen molar-refractivity contribution in [2.45, 2.75) is 19.2 Å². The highest BCUT2D eigenvalue weighted by Gasteiger charge is 2.12. The Morgan fingerprint density at radius 1 is 1.35 bits per heavy atom. The number of halogens is 2. The molecule has 92 valence electrons. The summed E-state index contributed by atoms with van der Waals surface area (Å²) in [7, 11) is 0. The van der Waals surface area contributed by atoms with Gasteiger partial charge in [-0.3, -0.25) is 10.1 Å². The number of anilines is 1. The number of urea groups is 1. The molecule has 17 heavy (non-hydrogen) atoms. The minimum atomic E-state index is -0.745. The molecule has 0 aromatic heterocycles. The molecule has 4 nitrogen and oxygen atoms in total. The third-order valence-electron chi connectivity index (χ3n) is 1.90. The van der Waals surface area contributed by atoms with Gasteiger partial charge in [-0.15, -0.1) is 11.6 Å². The molecule has 0 saturated heterocycles. The molecule has 0 fully saturated rings. The number of imide groups is 1. The van der Waals surface area contributed by atoms with Crippen molar-refractivity contribution in [2.24, 2.45) is 0 Å². The van der Waals surface area contributed by atoms with Gasteiger partial charge in [0.15, 0.2) is 0 Å². The van der Waals surface area contributed by atoms with Crippen molar-refractivity contribution in [3.63, 3.8) is 0 Å². The highest BCUT2D eigenvalue weighted by Crippen LogP contribution is 2.18. The second-order valence-electron chi connectivity index (χ2n) is 3.58. The zero-order valence-electron chi connectivity index (χ0n) is 9.38. The Labute approximate surface area is 113 Å². The van der Waals surface area contributed by atoms with Crippen molar-refractivity contribution in [2.75, 3.05) is 5.32 Å². The lowest BCUT2D eigenvalue weighted by atomic mass is 10.2. The van der Waals surface area contributed by atoms with E-state index in [1.54, 1.807) is 12.1 Å². The van der Waals surface area contributed by atoms with Gasteiger partial charge in [-0.25, -0.2) is 4.79 Å². The lowest BCUT2D eigenvalue weighted by Crippen LogP contribution is -2.38. The summed E-state index contributed by atoms with van der Waals surface area (Å²) in [6.45, 7) is 3.40. The summed E-state index contributed by atoms with van der Waals surface area (Å²) in [5, 5.41) is 3.93. The molecule has 0 aliphatic carbocycles. The standard InChI is InChI=1S/C11H12BrClN2O2/c1-6-3-8(12)5-9(4-6)14-11(17)15-10(16)7(2)13/h3-5,7H,1-2H3,(H2,14,15,16,17). The molecule has 6 heteroatoms. The fourth-order valence-electron chi connectivity index (χ4n) is 1.18. The summed E-state index contributed by atoms with van der Waals surface area (Å²) in [6, 6.07) is 4.84. The van der Waals surface area contributed by atoms with E-state index in [1.807, 2.05) is 13.0 Å². The lowest BCUT2D eigenvalue weighted by Gasteiger charge is -2.08. The van der Waals surface area contributed by atoms with Crippen LogP contribution in [0.2, 0.25) is 0 Å². The zero-order chi connectivity index (χ0) is 13.0. The Hall–Kier alpha value is -1.07. The van der Waals surface area contributed by atoms with E-state index in [9.17, 15) is 9.59 Å². The molecule has 2 N–H and O–H groups in total. The van der Waals surface area contributed by atoms with Gasteiger partial charge in [0.05, 0.1) is 0 Å². The van der Waals surface area contributed by atoms with Crippen LogP contribution in [0.4, 0.5) is 10.5 Å². The average molecular weight is 320 g/mol. The number of benzene rings is 1. The fourth-order valence-corrected chi connectivity index (χ4v) is 1.84. The zero-order valence-corrected chi connectivity index (χ0v) is 11.7. The maximum absolute atomic E-state index is 11.4. The number of amides is 3. The molecule has 1 aromatic rings. The molecule has 1 rings (SSSR count). The van der Waals surface area contributed by atoms with E-state index in [1.165, 1.54) is 6.92 Å². The van der Waals surface area contributed by atoms with E-state index in [2.05, 4.69) is 26.6 Å². The van der Waals surface area contributed by atoms with Crippen molar-refractivity contribution in [3.05, 3.63) is 28.2 Å². The molecule has 3 amide bonds. The van der Waals surface area contributed by atoms with Crippen LogP contribution in [-0.2, 0) is 4.79 Å². The first-order chi connectivity index (χ1) is 7.88. The Morgan fingerprint density at radius 3 is 2.53 bits per heavy atom. The first-order valence-corrected chi connectivity index (χ1v) is 6.14. The summed E-state index contributed by atoms with van der Waals surface area (Å²) >= 11 is 8.84. The molecular weight excluding hydrogens is 307 g/mol. The van der Waals surface area contributed by atoms with Gasteiger partial charge in [0.25, 0.3) is 0 Å². The van der Waals surface area contributed by atoms with E-state index in [0.717, 1.165) is 10.0 Å². The number of carbonyl (C=O) groups excluding carboxylic acids is 2. The van der Waals surface area contributed by atoms with Gasteiger partial charge in [0.1, 0.15) is 5.38 Å². The molecule has 0 aliphatic rings. The molecule has 0 spiro atoms. The molecular formula is C11H12BrClN2O2. The molecule has 1 aromatic carbocycles. The van der Waals surface area contributed by atoms with E-state index < -0.39 is 17.3 Å². The van der Waals surface area contributed by atoms with E-state index >= 15 is 0 Å². The Morgan fingerprint density at radius 2 is 2.00 bits per heavy atom. The minimum Gasteiger partial charge on any atom is -0.308 e. The van der Waals surface area contributed by atoms with Gasteiger partial charge >= 0.3 is 6.03 Å². The molecule has 0 radical (unpaired) electrons. The molecule has 0 bridgehead atoms. The van der Waals surface area contributed by atoms with Gasteiger partial charge in [0, 0.05) is 10.2 Å². The summed E-state index contributed by atoms with van der Waals surface area (Å²) in [5.74, 6) is -0.532. The second-order valence-corrected chi connectivity index (χ2v) is 5.15. The number of aryl methyl sites for hydroxylation is 1. The van der Waals surface area contributed by atoms with Crippen molar-refractivity contribution in [1.82, 2.24) is 5.32 Å². The Balaban J connectivity index is 2.65. The lowest BCUT2D eigenvalue weighted by molar-refractivity contribution is -0.119. The third-order valence-corrected chi connectivity index (χ3v) is 2.55.